The van der Waals surface area contributed by atoms with Crippen LogP contribution in [0.2, 0.25) is 0 Å². The number of fused-ring (bicyclic) bond motifs is 1. The Kier molecular flexibility index (Phi) is 4.60. The van der Waals surface area contributed by atoms with Gasteiger partial charge in [0.2, 0.25) is 10.6 Å². The van der Waals surface area contributed by atoms with Crippen LogP contribution in [0.25, 0.3) is 11.0 Å². The number of nitro groups is 1. The average Bonchev–Trinajstić information content (AvgIpc) is 3.18. The van der Waals surface area contributed by atoms with E-state index in [1.807, 2.05) is 0 Å². The van der Waals surface area contributed by atoms with Gasteiger partial charge in [-0.2, -0.15) is 4.68 Å². The average molecular weight is 381 g/mol. The van der Waals surface area contributed by atoms with Crippen LogP contribution in [0.15, 0.2) is 4.79 Å². The summed E-state index contributed by atoms with van der Waals surface area (Å²) in [6.45, 7) is 1.22. The molecule has 2 aromatic heterocycles. The maximum Gasteiger partial charge on any atom is 0.419 e. The Bertz CT molecular complexity index is 969. The van der Waals surface area contributed by atoms with Crippen LogP contribution in [0, 0.1) is 23.0 Å². The predicted molar refractivity (Wildman–Crippen MR) is 87.6 cm³/mol. The van der Waals surface area contributed by atoms with E-state index in [-0.39, 0.29) is 22.8 Å². The highest BCUT2D eigenvalue weighted by molar-refractivity contribution is 7.80. The first-order chi connectivity index (χ1) is 12.3. The molecule has 136 valence electrons. The van der Waals surface area contributed by atoms with Crippen molar-refractivity contribution in [2.24, 2.45) is 5.73 Å². The van der Waals surface area contributed by atoms with Crippen molar-refractivity contribution in [2.75, 3.05) is 6.61 Å². The van der Waals surface area contributed by atoms with Gasteiger partial charge in [0.25, 0.3) is 0 Å². The molecule has 14 heteroatoms. The largest absolute Gasteiger partial charge is 0.463 e. The third kappa shape index (κ3) is 3.11. The summed E-state index contributed by atoms with van der Waals surface area (Å²) in [6.07, 6.45) is 1.56. The molecule has 0 spiro atoms. The lowest BCUT2D eigenvalue weighted by Crippen LogP contribution is -2.32. The Hall–Kier alpha value is -3.00. The maximum absolute atomic E-state index is 12.7. The molecule has 3 heterocycles. The highest BCUT2D eigenvalue weighted by atomic mass is 32.1. The molecule has 13 nitrogen and oxygen atoms in total. The van der Waals surface area contributed by atoms with Crippen LogP contribution in [0.1, 0.15) is 13.2 Å². The summed E-state index contributed by atoms with van der Waals surface area (Å²) in [5.74, 6) is -1.17. The summed E-state index contributed by atoms with van der Waals surface area (Å²) in [5.41, 5.74) is 4.05. The number of carbonyl (C=O) groups excluding carboxylic acids is 1. The summed E-state index contributed by atoms with van der Waals surface area (Å²) >= 11 is 4.77. The van der Waals surface area contributed by atoms with E-state index in [2.05, 4.69) is 15.4 Å². The smallest absolute Gasteiger partial charge is 0.419 e. The topological polar surface area (TPSA) is 170 Å². The number of aromatic nitrogens is 5. The molecular weight excluding hydrogens is 370 g/mol. The van der Waals surface area contributed by atoms with Crippen molar-refractivity contribution in [2.45, 2.75) is 19.3 Å². The van der Waals surface area contributed by atoms with Gasteiger partial charge in [-0.15, -0.1) is 9.78 Å². The van der Waals surface area contributed by atoms with Crippen molar-refractivity contribution in [1.82, 2.24) is 24.8 Å². The Morgan fingerprint density at radius 3 is 2.88 bits per heavy atom. The molecule has 0 bridgehead atoms. The molecule has 1 aliphatic heterocycles. The van der Waals surface area contributed by atoms with Gasteiger partial charge in [0, 0.05) is 19.8 Å². The fourth-order valence-electron chi connectivity index (χ4n) is 2.30. The van der Waals surface area contributed by atoms with Gasteiger partial charge in [-0.25, -0.2) is 0 Å². The van der Waals surface area contributed by atoms with E-state index < -0.39 is 34.6 Å². The zero-order valence-electron chi connectivity index (χ0n) is 13.1. The van der Waals surface area contributed by atoms with E-state index in [1.165, 1.54) is 13.3 Å². The molecule has 26 heavy (non-hydrogen) atoms. The molecule has 2 radical (unpaired) electrons. The van der Waals surface area contributed by atoms with Gasteiger partial charge in [0.05, 0.1) is 11.2 Å². The first-order valence-electron chi connectivity index (χ1n) is 7.09. The van der Waals surface area contributed by atoms with E-state index in [1.54, 1.807) is 6.42 Å². The molecule has 1 fully saturated rings. The van der Waals surface area contributed by atoms with Crippen LogP contribution in [0.3, 0.4) is 0 Å². The number of hydrogen-bond donors (Lipinski definition) is 1. The SMILES string of the molecule is CC(=O)OCC1[CH][CH]C(n2nnc3c([N+](=O)[O-])nn(C(N)=S)c3c2=O)O1. The fraction of sp³-hybridized carbons (Fsp3) is 0.333. The second kappa shape index (κ2) is 6.72. The minimum Gasteiger partial charge on any atom is -0.463 e. The normalized spacial score (nSPS) is 19.6. The highest BCUT2D eigenvalue weighted by Gasteiger charge is 2.33. The Morgan fingerprint density at radius 2 is 2.27 bits per heavy atom. The highest BCUT2D eigenvalue weighted by Crippen LogP contribution is 2.26. The van der Waals surface area contributed by atoms with Crippen LogP contribution in [0.4, 0.5) is 5.82 Å². The van der Waals surface area contributed by atoms with Gasteiger partial charge in [-0.3, -0.25) is 9.59 Å². The van der Waals surface area contributed by atoms with Crippen molar-refractivity contribution in [1.29, 1.82) is 0 Å². The number of esters is 1. The predicted octanol–water partition coefficient (Wildman–Crippen LogP) is -1.14. The van der Waals surface area contributed by atoms with Gasteiger partial charge in [-0.1, -0.05) is 5.21 Å². The first kappa shape index (κ1) is 17.8. The van der Waals surface area contributed by atoms with Crippen molar-refractivity contribution in [3.8, 4) is 0 Å². The molecule has 2 atom stereocenters. The summed E-state index contributed by atoms with van der Waals surface area (Å²) in [5, 5.41) is 21.6. The minimum absolute atomic E-state index is 0.0386. The quantitative estimate of drug-likeness (QED) is 0.294. The van der Waals surface area contributed by atoms with E-state index >= 15 is 0 Å². The number of nitrogens with zero attached hydrogens (tertiary/aromatic N) is 6. The molecule has 2 unspecified atom stereocenters. The summed E-state index contributed by atoms with van der Waals surface area (Å²) in [7, 11) is 0. The van der Waals surface area contributed by atoms with Gasteiger partial charge >= 0.3 is 17.3 Å². The second-order valence-electron chi connectivity index (χ2n) is 5.12. The van der Waals surface area contributed by atoms with Gasteiger partial charge < -0.3 is 25.3 Å². The van der Waals surface area contributed by atoms with Crippen LogP contribution in [-0.2, 0) is 14.3 Å². The standard InChI is InChI=1S/C12H11N7O6S/c1-5(20)24-4-6-2-3-7(25-6)17-11(21)9-8(14-16-17)10(19(22)23)15-18(9)12(13)26/h2-3,6-7H,4H2,1H3,(H2,13,26). The molecular formula is C12H11N7O6S. The second-order valence-corrected chi connectivity index (χ2v) is 5.54. The van der Waals surface area contributed by atoms with E-state index in [4.69, 9.17) is 27.4 Å². The number of thiocarbonyl (C=S) groups is 1. The Morgan fingerprint density at radius 1 is 1.54 bits per heavy atom. The lowest BCUT2D eigenvalue weighted by molar-refractivity contribution is -0.388. The molecule has 2 aromatic rings. The minimum atomic E-state index is -0.950. The van der Waals surface area contributed by atoms with Crippen molar-refractivity contribution < 1.29 is 19.2 Å². The van der Waals surface area contributed by atoms with Crippen LogP contribution < -0.4 is 11.3 Å². The van der Waals surface area contributed by atoms with Crippen LogP contribution >= 0.6 is 12.2 Å². The molecule has 0 aromatic carbocycles. The van der Waals surface area contributed by atoms with E-state index in [0.29, 0.717) is 0 Å². The number of nitrogens with two attached hydrogens (primary N) is 1. The number of carbonyl (C=O) groups is 1. The summed E-state index contributed by atoms with van der Waals surface area (Å²) in [4.78, 5) is 33.8. The van der Waals surface area contributed by atoms with Gasteiger partial charge in [0.15, 0.2) is 11.7 Å². The zero-order valence-corrected chi connectivity index (χ0v) is 14.0. The van der Waals surface area contributed by atoms with Crippen LogP contribution in [-0.4, -0.2) is 53.5 Å². The lowest BCUT2D eigenvalue weighted by atomic mass is 10.2. The third-order valence-corrected chi connectivity index (χ3v) is 3.55. The molecule has 0 aliphatic carbocycles. The van der Waals surface area contributed by atoms with Gasteiger partial charge in [0.1, 0.15) is 6.61 Å². The Balaban J connectivity index is 1.99. The van der Waals surface area contributed by atoms with Crippen molar-refractivity contribution in [3.63, 3.8) is 0 Å². The zero-order chi connectivity index (χ0) is 19.0. The summed E-state index contributed by atoms with van der Waals surface area (Å²) < 4.78 is 12.0. The molecule has 1 saturated heterocycles. The summed E-state index contributed by atoms with van der Waals surface area (Å²) in [6, 6.07) is 0. The van der Waals surface area contributed by atoms with Gasteiger partial charge in [-0.05, 0) is 17.1 Å². The maximum atomic E-state index is 12.7. The lowest BCUT2D eigenvalue weighted by Gasteiger charge is -2.13. The third-order valence-electron chi connectivity index (χ3n) is 3.37. The molecule has 2 N–H and O–H groups in total. The number of hydrogen-bond acceptors (Lipinski definition) is 10. The first-order valence-corrected chi connectivity index (χ1v) is 7.50. The van der Waals surface area contributed by atoms with Crippen molar-refractivity contribution in [3.05, 3.63) is 33.3 Å². The molecule has 3 rings (SSSR count). The van der Waals surface area contributed by atoms with E-state index in [0.717, 1.165) is 9.36 Å². The molecule has 0 amide bonds. The van der Waals surface area contributed by atoms with Crippen molar-refractivity contribution >= 4 is 40.2 Å². The van der Waals surface area contributed by atoms with Crippen LogP contribution in [0.5, 0.6) is 0 Å². The number of rotatable bonds is 4. The molecule has 0 saturated carbocycles. The number of ether oxygens (including phenoxy) is 2. The Labute approximate surface area is 149 Å². The monoisotopic (exact) mass is 381 g/mol. The molecule has 1 aliphatic rings. The fourth-order valence-corrected chi connectivity index (χ4v) is 2.43. The van der Waals surface area contributed by atoms with E-state index in [9.17, 15) is 19.7 Å².